The van der Waals surface area contributed by atoms with Gasteiger partial charge in [0.25, 0.3) is 0 Å². The van der Waals surface area contributed by atoms with E-state index in [1.54, 1.807) is 6.92 Å². The van der Waals surface area contributed by atoms with Gasteiger partial charge < -0.3 is 10.4 Å². The molecular weight excluding hydrogens is 282 g/mol. The Bertz CT molecular complexity index is 434. The van der Waals surface area contributed by atoms with Crippen molar-refractivity contribution in [3.63, 3.8) is 0 Å². The summed E-state index contributed by atoms with van der Waals surface area (Å²) in [4.78, 5) is 0.367. The number of aliphatic hydroxyl groups is 1. The van der Waals surface area contributed by atoms with Crippen LogP contribution in [-0.2, 0) is 0 Å². The molecule has 0 saturated heterocycles. The molecule has 0 saturated carbocycles. The maximum atomic E-state index is 13.6. The van der Waals surface area contributed by atoms with E-state index in [4.69, 9.17) is 5.11 Å². The predicted octanol–water partition coefficient (Wildman–Crippen LogP) is 3.58. The lowest BCUT2D eigenvalue weighted by molar-refractivity contribution is -0.105. The Morgan fingerprint density at radius 3 is 2.53 bits per heavy atom. The van der Waals surface area contributed by atoms with Crippen LogP contribution >= 0.6 is 11.8 Å². The van der Waals surface area contributed by atoms with Crippen molar-refractivity contribution >= 4 is 17.4 Å². The first-order valence-corrected chi connectivity index (χ1v) is 6.59. The highest BCUT2D eigenvalue weighted by Crippen LogP contribution is 2.32. The van der Waals surface area contributed by atoms with E-state index in [0.717, 1.165) is 0 Å². The minimum absolute atomic E-state index is 0.0937. The molecule has 1 unspecified atom stereocenters. The van der Waals surface area contributed by atoms with Gasteiger partial charge in [-0.05, 0) is 31.5 Å². The van der Waals surface area contributed by atoms with E-state index in [1.807, 2.05) is 0 Å². The largest absolute Gasteiger partial charge is 0.398 e. The van der Waals surface area contributed by atoms with Gasteiger partial charge in [-0.15, -0.1) is 11.8 Å². The number of aryl methyl sites for hydroxylation is 1. The van der Waals surface area contributed by atoms with E-state index in [0.29, 0.717) is 22.2 Å². The number of thioether (sulfide) groups is 1. The third kappa shape index (κ3) is 5.69. The summed E-state index contributed by atoms with van der Waals surface area (Å²) in [6, 6.07) is 2.52. The Hall–Kier alpha value is -0.950. The van der Waals surface area contributed by atoms with Gasteiger partial charge in [-0.3, -0.25) is 0 Å². The Morgan fingerprint density at radius 1 is 1.37 bits per heavy atom. The highest BCUT2D eigenvalue weighted by molar-refractivity contribution is 7.99. The minimum atomic E-state index is -4.27. The molecule has 19 heavy (non-hydrogen) atoms. The second-order valence-corrected chi connectivity index (χ2v) is 5.25. The zero-order chi connectivity index (χ0) is 14.6. The molecule has 0 aromatic heterocycles. The van der Waals surface area contributed by atoms with Gasteiger partial charge in [0.05, 0.1) is 17.5 Å². The first kappa shape index (κ1) is 16.1. The van der Waals surface area contributed by atoms with Crippen LogP contribution in [0.2, 0.25) is 0 Å². The van der Waals surface area contributed by atoms with E-state index < -0.39 is 23.9 Å². The summed E-state index contributed by atoms with van der Waals surface area (Å²) in [7, 11) is 0. The van der Waals surface area contributed by atoms with Crippen LogP contribution in [0.15, 0.2) is 17.0 Å². The van der Waals surface area contributed by atoms with Gasteiger partial charge in [0, 0.05) is 11.4 Å². The molecule has 0 aliphatic heterocycles. The van der Waals surface area contributed by atoms with Gasteiger partial charge in [-0.1, -0.05) is 0 Å². The molecule has 1 aromatic rings. The SMILES string of the molecule is Cc1cc(F)c(NCC(C)O)cc1SCC(F)(F)F. The second-order valence-electron chi connectivity index (χ2n) is 4.23. The fourth-order valence-electron chi connectivity index (χ4n) is 1.36. The lowest BCUT2D eigenvalue weighted by Crippen LogP contribution is -2.16. The van der Waals surface area contributed by atoms with Crippen molar-refractivity contribution in [1.82, 2.24) is 0 Å². The van der Waals surface area contributed by atoms with Gasteiger partial charge >= 0.3 is 6.18 Å². The summed E-state index contributed by atoms with van der Waals surface area (Å²) in [5.74, 6) is -1.57. The third-order valence-corrected chi connectivity index (χ3v) is 3.47. The Balaban J connectivity index is 2.83. The molecule has 108 valence electrons. The molecule has 1 aromatic carbocycles. The number of hydrogen-bond acceptors (Lipinski definition) is 3. The van der Waals surface area contributed by atoms with Crippen molar-refractivity contribution in [1.29, 1.82) is 0 Å². The fourth-order valence-corrected chi connectivity index (χ4v) is 2.17. The highest BCUT2D eigenvalue weighted by Gasteiger charge is 2.27. The zero-order valence-electron chi connectivity index (χ0n) is 10.5. The Labute approximate surface area is 113 Å². The van der Waals surface area contributed by atoms with Crippen molar-refractivity contribution in [3.8, 4) is 0 Å². The van der Waals surface area contributed by atoms with Gasteiger partial charge in [0.2, 0.25) is 0 Å². The monoisotopic (exact) mass is 297 g/mol. The van der Waals surface area contributed by atoms with Crippen LogP contribution in [0.4, 0.5) is 23.2 Å². The molecule has 0 heterocycles. The fraction of sp³-hybridized carbons (Fsp3) is 0.500. The number of benzene rings is 1. The standard InChI is InChI=1S/C12H15F4NOS/c1-7-3-9(13)10(17-5-8(2)18)4-11(7)19-6-12(14,15)16/h3-4,8,17-18H,5-6H2,1-2H3. The van der Waals surface area contributed by atoms with E-state index in [-0.39, 0.29) is 12.2 Å². The van der Waals surface area contributed by atoms with Crippen molar-refractivity contribution < 1.29 is 22.7 Å². The smallest absolute Gasteiger partial charge is 0.392 e. The maximum absolute atomic E-state index is 13.6. The van der Waals surface area contributed by atoms with Crippen LogP contribution in [0, 0.1) is 12.7 Å². The Kier molecular flexibility index (Phi) is 5.49. The van der Waals surface area contributed by atoms with Gasteiger partial charge in [0.1, 0.15) is 5.82 Å². The minimum Gasteiger partial charge on any atom is -0.392 e. The Morgan fingerprint density at radius 2 is 2.00 bits per heavy atom. The van der Waals surface area contributed by atoms with Crippen LogP contribution in [0.1, 0.15) is 12.5 Å². The molecule has 0 radical (unpaired) electrons. The highest BCUT2D eigenvalue weighted by atomic mass is 32.2. The molecule has 0 amide bonds. The molecule has 2 nitrogen and oxygen atoms in total. The van der Waals surface area contributed by atoms with Crippen molar-refractivity contribution in [2.24, 2.45) is 0 Å². The molecule has 0 spiro atoms. The van der Waals surface area contributed by atoms with Crippen molar-refractivity contribution in [3.05, 3.63) is 23.5 Å². The topological polar surface area (TPSA) is 32.3 Å². The van der Waals surface area contributed by atoms with Crippen LogP contribution in [0.25, 0.3) is 0 Å². The molecule has 2 N–H and O–H groups in total. The molecular formula is C12H15F4NOS. The van der Waals surface area contributed by atoms with E-state index >= 15 is 0 Å². The first-order valence-electron chi connectivity index (χ1n) is 5.60. The number of hydrogen-bond donors (Lipinski definition) is 2. The van der Waals surface area contributed by atoms with Crippen molar-refractivity contribution in [2.75, 3.05) is 17.6 Å². The molecule has 0 bridgehead atoms. The second kappa shape index (κ2) is 6.47. The van der Waals surface area contributed by atoms with Gasteiger partial charge in [-0.25, -0.2) is 4.39 Å². The van der Waals surface area contributed by atoms with Crippen LogP contribution in [0.3, 0.4) is 0 Å². The molecule has 7 heteroatoms. The number of halogens is 4. The normalized spacial score (nSPS) is 13.4. The molecule has 0 aliphatic rings. The lowest BCUT2D eigenvalue weighted by Gasteiger charge is -2.13. The summed E-state index contributed by atoms with van der Waals surface area (Å²) in [5.41, 5.74) is 0.547. The number of alkyl halides is 3. The van der Waals surface area contributed by atoms with Crippen LogP contribution in [0.5, 0.6) is 0 Å². The maximum Gasteiger partial charge on any atom is 0.398 e. The summed E-state index contributed by atoms with van der Waals surface area (Å²) in [6.45, 7) is 3.21. The third-order valence-electron chi connectivity index (χ3n) is 2.24. The summed E-state index contributed by atoms with van der Waals surface area (Å²) >= 11 is 0.617. The van der Waals surface area contributed by atoms with Crippen LogP contribution in [-0.4, -0.2) is 29.7 Å². The molecule has 0 aliphatic carbocycles. The first-order chi connectivity index (χ1) is 8.69. The zero-order valence-corrected chi connectivity index (χ0v) is 11.3. The van der Waals surface area contributed by atoms with Crippen molar-refractivity contribution in [2.45, 2.75) is 31.0 Å². The molecule has 1 rings (SSSR count). The van der Waals surface area contributed by atoms with E-state index in [1.165, 1.54) is 19.1 Å². The predicted molar refractivity (Wildman–Crippen MR) is 68.1 cm³/mol. The molecule has 0 fully saturated rings. The average Bonchev–Trinajstić information content (AvgIpc) is 2.25. The summed E-state index contributed by atoms with van der Waals surface area (Å²) in [6.07, 6.45) is -4.94. The lowest BCUT2D eigenvalue weighted by atomic mass is 10.2. The van der Waals surface area contributed by atoms with E-state index in [9.17, 15) is 17.6 Å². The average molecular weight is 297 g/mol. The van der Waals surface area contributed by atoms with Gasteiger partial charge in [-0.2, -0.15) is 13.2 Å². The quantitative estimate of drug-likeness (QED) is 0.643. The summed E-state index contributed by atoms with van der Waals surface area (Å²) in [5, 5.41) is 11.8. The van der Waals surface area contributed by atoms with Crippen LogP contribution < -0.4 is 5.32 Å². The van der Waals surface area contributed by atoms with Gasteiger partial charge in [0.15, 0.2) is 0 Å². The van der Waals surface area contributed by atoms with E-state index in [2.05, 4.69) is 5.32 Å². The number of aliphatic hydroxyl groups excluding tert-OH is 1. The summed E-state index contributed by atoms with van der Waals surface area (Å²) < 4.78 is 50.1. The number of nitrogens with one attached hydrogen (secondary N) is 1. The number of rotatable bonds is 5. The number of anilines is 1. The molecule has 1 atom stereocenters.